The van der Waals surface area contributed by atoms with E-state index in [1.165, 1.54) is 5.38 Å². The van der Waals surface area contributed by atoms with Crippen molar-refractivity contribution in [2.24, 2.45) is 0 Å². The van der Waals surface area contributed by atoms with Gasteiger partial charge in [0.05, 0.1) is 32.8 Å². The standard InChI is InChI=1S/C26H27N3O6S/c1-4-34-21-11-10-16(12-22(21)33-3)20(29-14-17-8-6-7-9-18(17)24(29)31)13-23(30)28-26-27-19(15-36-26)25(32)35-5-2/h6-12,14-15,20,31H,4-5,13H2,1-3H3,(H,27,28,30). The quantitative estimate of drug-likeness (QED) is 0.289. The molecule has 36 heavy (non-hydrogen) atoms. The van der Waals surface area contributed by atoms with Crippen molar-refractivity contribution in [3.05, 3.63) is 65.3 Å². The summed E-state index contributed by atoms with van der Waals surface area (Å²) < 4.78 is 17.8. The zero-order chi connectivity index (χ0) is 25.7. The summed E-state index contributed by atoms with van der Waals surface area (Å²) in [6.45, 7) is 4.31. The van der Waals surface area contributed by atoms with Crippen LogP contribution < -0.4 is 14.8 Å². The summed E-state index contributed by atoms with van der Waals surface area (Å²) in [5, 5.41) is 17.1. The van der Waals surface area contributed by atoms with Crippen LogP contribution in [-0.4, -0.2) is 46.9 Å². The van der Waals surface area contributed by atoms with Gasteiger partial charge < -0.3 is 29.2 Å². The van der Waals surface area contributed by atoms with Crippen molar-refractivity contribution in [3.63, 3.8) is 0 Å². The highest BCUT2D eigenvalue weighted by atomic mass is 32.1. The normalized spacial score (nSPS) is 11.8. The molecular weight excluding hydrogens is 482 g/mol. The van der Waals surface area contributed by atoms with Crippen LogP contribution in [0.4, 0.5) is 5.13 Å². The number of aromatic nitrogens is 2. The van der Waals surface area contributed by atoms with Crippen molar-refractivity contribution in [2.45, 2.75) is 26.3 Å². The number of hydrogen-bond acceptors (Lipinski definition) is 8. The molecule has 9 nitrogen and oxygen atoms in total. The van der Waals surface area contributed by atoms with Gasteiger partial charge in [0, 0.05) is 22.3 Å². The highest BCUT2D eigenvalue weighted by Gasteiger charge is 2.24. The Morgan fingerprint density at radius 3 is 2.67 bits per heavy atom. The first-order valence-corrected chi connectivity index (χ1v) is 12.3. The number of carbonyl (C=O) groups is 2. The van der Waals surface area contributed by atoms with Gasteiger partial charge in [0.15, 0.2) is 28.2 Å². The van der Waals surface area contributed by atoms with E-state index < -0.39 is 12.0 Å². The lowest BCUT2D eigenvalue weighted by atomic mass is 10.0. The van der Waals surface area contributed by atoms with Crippen LogP contribution in [0.2, 0.25) is 0 Å². The van der Waals surface area contributed by atoms with Crippen molar-refractivity contribution in [1.29, 1.82) is 0 Å². The second kappa shape index (κ2) is 11.1. The van der Waals surface area contributed by atoms with Gasteiger partial charge >= 0.3 is 5.97 Å². The maximum absolute atomic E-state index is 13.1. The third kappa shape index (κ3) is 5.28. The third-order valence-electron chi connectivity index (χ3n) is 5.55. The van der Waals surface area contributed by atoms with Gasteiger partial charge in [0.1, 0.15) is 0 Å². The molecule has 4 aromatic rings. The number of ether oxygens (including phenoxy) is 3. The van der Waals surface area contributed by atoms with E-state index in [0.29, 0.717) is 23.5 Å². The van der Waals surface area contributed by atoms with Gasteiger partial charge in [-0.2, -0.15) is 0 Å². The van der Waals surface area contributed by atoms with Crippen molar-refractivity contribution < 1.29 is 28.9 Å². The number of esters is 1. The molecule has 0 aliphatic carbocycles. The zero-order valence-electron chi connectivity index (χ0n) is 20.2. The first kappa shape index (κ1) is 25.1. The van der Waals surface area contributed by atoms with E-state index in [2.05, 4.69) is 10.3 Å². The summed E-state index contributed by atoms with van der Waals surface area (Å²) in [6, 6.07) is 12.3. The molecule has 1 amide bonds. The number of fused-ring (bicyclic) bond motifs is 1. The van der Waals surface area contributed by atoms with E-state index in [4.69, 9.17) is 14.2 Å². The number of amides is 1. The SMILES string of the molecule is CCOC(=O)c1csc(NC(=O)CC(c2ccc(OCC)c(OC)c2)n2cc3ccccc3c2O)n1. The van der Waals surface area contributed by atoms with Crippen molar-refractivity contribution >= 4 is 39.1 Å². The monoisotopic (exact) mass is 509 g/mol. The average molecular weight is 510 g/mol. The van der Waals surface area contributed by atoms with E-state index >= 15 is 0 Å². The number of rotatable bonds is 10. The number of anilines is 1. The van der Waals surface area contributed by atoms with Gasteiger partial charge in [0.25, 0.3) is 0 Å². The summed E-state index contributed by atoms with van der Waals surface area (Å²) >= 11 is 1.13. The Morgan fingerprint density at radius 2 is 1.94 bits per heavy atom. The molecule has 1 atom stereocenters. The second-order valence-electron chi connectivity index (χ2n) is 7.82. The van der Waals surface area contributed by atoms with Gasteiger partial charge in [-0.1, -0.05) is 24.3 Å². The fourth-order valence-electron chi connectivity index (χ4n) is 3.92. The number of carbonyl (C=O) groups excluding carboxylic acids is 2. The topological polar surface area (TPSA) is 112 Å². The van der Waals surface area contributed by atoms with Crippen LogP contribution in [0.1, 0.15) is 42.4 Å². The molecule has 0 aliphatic rings. The van der Waals surface area contributed by atoms with E-state index in [9.17, 15) is 14.7 Å². The lowest BCUT2D eigenvalue weighted by Gasteiger charge is -2.21. The molecule has 2 N–H and O–H groups in total. The molecule has 0 bridgehead atoms. The van der Waals surface area contributed by atoms with E-state index in [1.54, 1.807) is 30.7 Å². The Labute approximate surface area is 212 Å². The largest absolute Gasteiger partial charge is 0.494 e. The summed E-state index contributed by atoms with van der Waals surface area (Å²) in [6.07, 6.45) is 1.80. The molecule has 1 unspecified atom stereocenters. The summed E-state index contributed by atoms with van der Waals surface area (Å²) in [7, 11) is 1.55. The molecule has 10 heteroatoms. The zero-order valence-corrected chi connectivity index (χ0v) is 21.0. The van der Waals surface area contributed by atoms with Crippen LogP contribution in [0.5, 0.6) is 17.4 Å². The Balaban J connectivity index is 1.66. The smallest absolute Gasteiger partial charge is 0.357 e. The predicted octanol–water partition coefficient (Wildman–Crippen LogP) is 5.01. The van der Waals surface area contributed by atoms with Gasteiger partial charge in [-0.05, 0) is 37.6 Å². The summed E-state index contributed by atoms with van der Waals surface area (Å²) in [5.74, 6) is 0.278. The molecule has 4 rings (SSSR count). The minimum absolute atomic E-state index is 0.0139. The minimum Gasteiger partial charge on any atom is -0.494 e. The molecule has 2 aromatic carbocycles. The van der Waals surface area contributed by atoms with Crippen LogP contribution in [0, 0.1) is 0 Å². The molecule has 2 heterocycles. The lowest BCUT2D eigenvalue weighted by molar-refractivity contribution is -0.116. The van der Waals surface area contributed by atoms with Gasteiger partial charge in [-0.25, -0.2) is 9.78 Å². The van der Waals surface area contributed by atoms with E-state index in [-0.39, 0.29) is 35.6 Å². The van der Waals surface area contributed by atoms with Gasteiger partial charge in [0.2, 0.25) is 5.91 Å². The van der Waals surface area contributed by atoms with Gasteiger partial charge in [-0.3, -0.25) is 4.79 Å². The molecule has 2 aromatic heterocycles. The highest BCUT2D eigenvalue weighted by Crippen LogP contribution is 2.37. The number of nitrogens with zero attached hydrogens (tertiary/aromatic N) is 2. The number of methoxy groups -OCH3 is 1. The predicted molar refractivity (Wildman–Crippen MR) is 137 cm³/mol. The fraction of sp³-hybridized carbons (Fsp3) is 0.269. The average Bonchev–Trinajstić information content (AvgIpc) is 3.48. The van der Waals surface area contributed by atoms with Crippen molar-refractivity contribution in [2.75, 3.05) is 25.6 Å². The highest BCUT2D eigenvalue weighted by molar-refractivity contribution is 7.14. The third-order valence-corrected chi connectivity index (χ3v) is 6.30. The van der Waals surface area contributed by atoms with Crippen LogP contribution >= 0.6 is 11.3 Å². The molecule has 0 saturated carbocycles. The second-order valence-corrected chi connectivity index (χ2v) is 8.68. The number of aromatic hydroxyl groups is 1. The molecule has 0 radical (unpaired) electrons. The lowest BCUT2D eigenvalue weighted by Crippen LogP contribution is -2.20. The Kier molecular flexibility index (Phi) is 7.74. The van der Waals surface area contributed by atoms with Gasteiger partial charge in [-0.15, -0.1) is 11.3 Å². The number of benzene rings is 2. The maximum Gasteiger partial charge on any atom is 0.357 e. The minimum atomic E-state index is -0.563. The van der Waals surface area contributed by atoms with Crippen LogP contribution in [0.25, 0.3) is 10.8 Å². The Morgan fingerprint density at radius 1 is 1.14 bits per heavy atom. The molecule has 0 saturated heterocycles. The van der Waals surface area contributed by atoms with E-state index in [0.717, 1.165) is 22.3 Å². The number of nitrogens with one attached hydrogen (secondary N) is 1. The van der Waals surface area contributed by atoms with Crippen LogP contribution in [-0.2, 0) is 9.53 Å². The van der Waals surface area contributed by atoms with Crippen molar-refractivity contribution in [1.82, 2.24) is 9.55 Å². The summed E-state index contributed by atoms with van der Waals surface area (Å²) in [4.78, 5) is 29.2. The first-order chi connectivity index (χ1) is 17.4. The molecule has 188 valence electrons. The molecule has 0 fully saturated rings. The van der Waals surface area contributed by atoms with Crippen molar-refractivity contribution in [3.8, 4) is 17.4 Å². The number of thiazole rings is 1. The van der Waals surface area contributed by atoms with Crippen LogP contribution in [0.3, 0.4) is 0 Å². The number of hydrogen-bond donors (Lipinski definition) is 2. The Bertz CT molecular complexity index is 1380. The molecular formula is C26H27N3O6S. The summed E-state index contributed by atoms with van der Waals surface area (Å²) in [5.41, 5.74) is 0.881. The first-order valence-electron chi connectivity index (χ1n) is 11.5. The Hall–Kier alpha value is -4.05. The fourth-order valence-corrected chi connectivity index (χ4v) is 4.62. The molecule has 0 spiro atoms. The van der Waals surface area contributed by atoms with E-state index in [1.807, 2.05) is 43.5 Å². The van der Waals surface area contributed by atoms with Crippen LogP contribution in [0.15, 0.2) is 54.0 Å². The maximum atomic E-state index is 13.1. The molecule has 0 aliphatic heterocycles.